The molecule has 0 fully saturated rings. The van der Waals surface area contributed by atoms with Gasteiger partial charge >= 0.3 is 0 Å². The van der Waals surface area contributed by atoms with Crippen LogP contribution in [0.2, 0.25) is 5.02 Å². The lowest BCUT2D eigenvalue weighted by atomic mass is 9.85. The Labute approximate surface area is 125 Å². The van der Waals surface area contributed by atoms with Crippen molar-refractivity contribution in [2.75, 3.05) is 0 Å². The molecule has 1 aliphatic carbocycles. The van der Waals surface area contributed by atoms with Crippen molar-refractivity contribution in [3.63, 3.8) is 0 Å². The lowest BCUT2D eigenvalue weighted by molar-refractivity contribution is 0.243. The van der Waals surface area contributed by atoms with Crippen LogP contribution in [0.1, 0.15) is 49.7 Å². The van der Waals surface area contributed by atoms with Gasteiger partial charge in [-0.1, -0.05) is 31.5 Å². The summed E-state index contributed by atoms with van der Waals surface area (Å²) >= 11 is 6.17. The Balaban J connectivity index is 1.90. The molecule has 3 rings (SSSR count). The second-order valence-corrected chi connectivity index (χ2v) is 6.78. The van der Waals surface area contributed by atoms with Crippen molar-refractivity contribution in [2.45, 2.75) is 39.3 Å². The lowest BCUT2D eigenvalue weighted by Gasteiger charge is -2.31. The summed E-state index contributed by atoms with van der Waals surface area (Å²) in [5.41, 5.74) is 2.89. The fraction of sp³-hybridized carbons (Fsp3) is 0.412. The molecule has 0 aliphatic heterocycles. The molecule has 2 nitrogen and oxygen atoms in total. The van der Waals surface area contributed by atoms with E-state index in [9.17, 15) is 0 Å². The number of benzene rings is 1. The van der Waals surface area contributed by atoms with Crippen LogP contribution in [-0.4, -0.2) is 0 Å². The van der Waals surface area contributed by atoms with Crippen molar-refractivity contribution in [2.24, 2.45) is 5.41 Å². The lowest BCUT2D eigenvalue weighted by Crippen LogP contribution is -2.32. The van der Waals surface area contributed by atoms with Crippen LogP contribution in [0.4, 0.5) is 0 Å². The third-order valence-corrected chi connectivity index (χ3v) is 4.47. The SMILES string of the molecule is CC(NC1c2cc(Cl)ccc2CC1(C)C)c1ccco1. The van der Waals surface area contributed by atoms with Gasteiger partial charge < -0.3 is 9.73 Å². The highest BCUT2D eigenvalue weighted by Crippen LogP contribution is 2.46. The molecule has 0 amide bonds. The van der Waals surface area contributed by atoms with E-state index in [-0.39, 0.29) is 17.5 Å². The molecule has 0 saturated carbocycles. The minimum Gasteiger partial charge on any atom is -0.468 e. The molecule has 3 heteroatoms. The summed E-state index contributed by atoms with van der Waals surface area (Å²) in [4.78, 5) is 0. The molecule has 1 N–H and O–H groups in total. The van der Waals surface area contributed by atoms with E-state index in [4.69, 9.17) is 16.0 Å². The summed E-state index contributed by atoms with van der Waals surface area (Å²) in [6, 6.07) is 10.6. The number of hydrogen-bond donors (Lipinski definition) is 1. The fourth-order valence-electron chi connectivity index (χ4n) is 3.19. The van der Waals surface area contributed by atoms with E-state index in [0.29, 0.717) is 0 Å². The number of halogens is 1. The normalized spacial score (nSPS) is 21.7. The van der Waals surface area contributed by atoms with E-state index in [1.807, 2.05) is 18.2 Å². The van der Waals surface area contributed by atoms with Gasteiger partial charge in [0.25, 0.3) is 0 Å². The molecule has 0 radical (unpaired) electrons. The van der Waals surface area contributed by atoms with E-state index in [1.54, 1.807) is 6.26 Å². The zero-order chi connectivity index (χ0) is 14.3. The Bertz CT molecular complexity index is 603. The second-order valence-electron chi connectivity index (χ2n) is 6.35. The molecule has 2 aromatic rings. The highest BCUT2D eigenvalue weighted by Gasteiger charge is 2.39. The molecule has 1 aromatic heterocycles. The van der Waals surface area contributed by atoms with Gasteiger partial charge in [0.05, 0.1) is 12.3 Å². The van der Waals surface area contributed by atoms with E-state index in [2.05, 4.69) is 38.2 Å². The average Bonchev–Trinajstić information content (AvgIpc) is 2.98. The Kier molecular flexibility index (Phi) is 3.39. The van der Waals surface area contributed by atoms with Gasteiger partial charge in [-0.05, 0) is 54.2 Å². The van der Waals surface area contributed by atoms with Crippen LogP contribution in [-0.2, 0) is 6.42 Å². The summed E-state index contributed by atoms with van der Waals surface area (Å²) in [5.74, 6) is 0.969. The predicted molar refractivity (Wildman–Crippen MR) is 81.9 cm³/mol. The van der Waals surface area contributed by atoms with Crippen LogP contribution in [0.15, 0.2) is 41.0 Å². The number of rotatable bonds is 3. The monoisotopic (exact) mass is 289 g/mol. The Morgan fingerprint density at radius 1 is 1.35 bits per heavy atom. The number of fused-ring (bicyclic) bond motifs is 1. The quantitative estimate of drug-likeness (QED) is 0.869. The van der Waals surface area contributed by atoms with Gasteiger partial charge in [-0.25, -0.2) is 0 Å². The van der Waals surface area contributed by atoms with E-state index >= 15 is 0 Å². The van der Waals surface area contributed by atoms with Crippen molar-refractivity contribution >= 4 is 11.6 Å². The highest BCUT2D eigenvalue weighted by atomic mass is 35.5. The van der Waals surface area contributed by atoms with Gasteiger partial charge in [0, 0.05) is 11.1 Å². The average molecular weight is 290 g/mol. The Hall–Kier alpha value is -1.25. The van der Waals surface area contributed by atoms with Crippen LogP contribution in [0.25, 0.3) is 0 Å². The minimum absolute atomic E-state index is 0.174. The smallest absolute Gasteiger partial charge is 0.120 e. The molecular formula is C17H20ClNO. The van der Waals surface area contributed by atoms with Crippen LogP contribution in [0.5, 0.6) is 0 Å². The van der Waals surface area contributed by atoms with Crippen LogP contribution in [0.3, 0.4) is 0 Å². The summed E-state index contributed by atoms with van der Waals surface area (Å²) in [5, 5.41) is 4.51. The molecular weight excluding hydrogens is 270 g/mol. The number of nitrogens with one attached hydrogen (secondary N) is 1. The minimum atomic E-state index is 0.174. The summed E-state index contributed by atoms with van der Waals surface area (Å²) in [6.45, 7) is 6.73. The maximum atomic E-state index is 6.17. The van der Waals surface area contributed by atoms with Gasteiger partial charge in [0.2, 0.25) is 0 Å². The molecule has 106 valence electrons. The molecule has 2 unspecified atom stereocenters. The van der Waals surface area contributed by atoms with Gasteiger partial charge in [0.1, 0.15) is 5.76 Å². The predicted octanol–water partition coefficient (Wildman–Crippen LogP) is 4.91. The van der Waals surface area contributed by atoms with Crippen molar-refractivity contribution in [3.8, 4) is 0 Å². The van der Waals surface area contributed by atoms with Crippen molar-refractivity contribution in [1.82, 2.24) is 5.32 Å². The van der Waals surface area contributed by atoms with Crippen LogP contribution in [0, 0.1) is 5.41 Å². The first-order chi connectivity index (χ1) is 9.47. The topological polar surface area (TPSA) is 25.2 Å². The zero-order valence-corrected chi connectivity index (χ0v) is 12.9. The molecule has 0 bridgehead atoms. The van der Waals surface area contributed by atoms with Gasteiger partial charge in [0.15, 0.2) is 0 Å². The highest BCUT2D eigenvalue weighted by molar-refractivity contribution is 6.30. The van der Waals surface area contributed by atoms with E-state index < -0.39 is 0 Å². The van der Waals surface area contributed by atoms with Crippen molar-refractivity contribution < 1.29 is 4.42 Å². The fourth-order valence-corrected chi connectivity index (χ4v) is 3.38. The molecule has 1 aromatic carbocycles. The molecule has 2 atom stereocenters. The van der Waals surface area contributed by atoms with E-state index in [0.717, 1.165) is 17.2 Å². The van der Waals surface area contributed by atoms with Crippen LogP contribution >= 0.6 is 11.6 Å². The summed E-state index contributed by atoms with van der Waals surface area (Å²) in [7, 11) is 0. The Morgan fingerprint density at radius 3 is 2.85 bits per heavy atom. The zero-order valence-electron chi connectivity index (χ0n) is 12.1. The molecule has 1 aliphatic rings. The molecule has 0 saturated heterocycles. The first-order valence-corrected chi connectivity index (χ1v) is 7.43. The first kappa shape index (κ1) is 13.7. The molecule has 1 heterocycles. The standard InChI is InChI=1S/C17H20ClNO/c1-11(15-5-4-8-20-15)19-16-14-9-13(18)7-6-12(14)10-17(16,2)3/h4-9,11,16,19H,10H2,1-3H3. The molecule has 20 heavy (non-hydrogen) atoms. The molecule has 0 spiro atoms. The maximum absolute atomic E-state index is 6.17. The van der Waals surface area contributed by atoms with Crippen molar-refractivity contribution in [1.29, 1.82) is 0 Å². The van der Waals surface area contributed by atoms with Gasteiger partial charge in [-0.15, -0.1) is 0 Å². The second kappa shape index (κ2) is 4.94. The Morgan fingerprint density at radius 2 is 2.15 bits per heavy atom. The maximum Gasteiger partial charge on any atom is 0.120 e. The largest absolute Gasteiger partial charge is 0.468 e. The van der Waals surface area contributed by atoms with Gasteiger partial charge in [-0.2, -0.15) is 0 Å². The first-order valence-electron chi connectivity index (χ1n) is 7.05. The number of hydrogen-bond acceptors (Lipinski definition) is 2. The third-order valence-electron chi connectivity index (χ3n) is 4.23. The third kappa shape index (κ3) is 2.38. The summed E-state index contributed by atoms with van der Waals surface area (Å²) in [6.07, 6.45) is 2.79. The number of furan rings is 1. The van der Waals surface area contributed by atoms with Crippen molar-refractivity contribution in [3.05, 3.63) is 58.5 Å². The summed E-state index contributed by atoms with van der Waals surface area (Å²) < 4.78 is 5.50. The van der Waals surface area contributed by atoms with E-state index in [1.165, 1.54) is 11.1 Å². The van der Waals surface area contributed by atoms with Crippen LogP contribution < -0.4 is 5.32 Å². The van der Waals surface area contributed by atoms with Gasteiger partial charge in [-0.3, -0.25) is 0 Å².